The van der Waals surface area contributed by atoms with Gasteiger partial charge in [-0.05, 0) is 111 Å². The van der Waals surface area contributed by atoms with Crippen molar-refractivity contribution in [2.24, 2.45) is 0 Å². The molecule has 5 aromatic rings. The van der Waals surface area contributed by atoms with Gasteiger partial charge in [-0.1, -0.05) is 35.9 Å². The van der Waals surface area contributed by atoms with Crippen LogP contribution in [0.5, 0.6) is 17.2 Å². The molecule has 8 heteroatoms. The van der Waals surface area contributed by atoms with Gasteiger partial charge >= 0.3 is 0 Å². The number of halogens is 1. The number of hydrogen-bond acceptors (Lipinski definition) is 4. The number of ether oxygens (including phenoxy) is 1. The van der Waals surface area contributed by atoms with Gasteiger partial charge in [0.05, 0.1) is 23.5 Å². The molecule has 0 amide bonds. The van der Waals surface area contributed by atoms with Crippen LogP contribution in [0.2, 0.25) is 5.02 Å². The summed E-state index contributed by atoms with van der Waals surface area (Å²) in [6.45, 7) is 6.10. The molecule has 6 nitrogen and oxygen atoms in total. The average molecular weight is 581 g/mol. The van der Waals surface area contributed by atoms with Crippen LogP contribution >= 0.6 is 23.8 Å². The molecule has 1 aliphatic rings. The minimum absolute atomic E-state index is 0.158. The monoisotopic (exact) mass is 580 g/mol. The first-order valence-corrected chi connectivity index (χ1v) is 14.1. The van der Waals surface area contributed by atoms with E-state index in [2.05, 4.69) is 28.2 Å². The first kappa shape index (κ1) is 26.9. The molecule has 3 heterocycles. The Balaban J connectivity index is 1.43. The second-order valence-electron chi connectivity index (χ2n) is 10.2. The molecule has 2 aromatic heterocycles. The summed E-state index contributed by atoms with van der Waals surface area (Å²) >= 11 is 12.3. The van der Waals surface area contributed by atoms with Crippen molar-refractivity contribution >= 4 is 34.6 Å². The van der Waals surface area contributed by atoms with Crippen molar-refractivity contribution in [3.63, 3.8) is 0 Å². The Morgan fingerprint density at radius 3 is 2.41 bits per heavy atom. The number of aromatic hydroxyl groups is 1. The average Bonchev–Trinajstić information content (AvgIpc) is 3.47. The van der Waals surface area contributed by atoms with Gasteiger partial charge in [0.2, 0.25) is 0 Å². The summed E-state index contributed by atoms with van der Waals surface area (Å²) in [5.74, 6) is 1.72. The van der Waals surface area contributed by atoms with Gasteiger partial charge in [0, 0.05) is 28.3 Å². The molecule has 2 N–H and O–H groups in total. The van der Waals surface area contributed by atoms with Crippen molar-refractivity contribution in [2.45, 2.75) is 32.9 Å². The lowest BCUT2D eigenvalue weighted by atomic mass is 9.96. The van der Waals surface area contributed by atoms with Crippen LogP contribution in [-0.2, 0) is 0 Å². The summed E-state index contributed by atoms with van der Waals surface area (Å²) in [6, 6.07) is 28.6. The topological polar surface area (TPSA) is 62.5 Å². The Morgan fingerprint density at radius 1 is 0.927 bits per heavy atom. The Hall–Kier alpha value is -4.33. The van der Waals surface area contributed by atoms with E-state index in [0.717, 1.165) is 45.4 Å². The molecule has 0 spiro atoms. The number of pyridine rings is 1. The third-order valence-corrected chi connectivity index (χ3v) is 8.05. The van der Waals surface area contributed by atoms with Gasteiger partial charge in [-0.2, -0.15) is 0 Å². The maximum absolute atomic E-state index is 10.7. The predicted octanol–water partition coefficient (Wildman–Crippen LogP) is 8.13. The minimum atomic E-state index is -0.207. The van der Waals surface area contributed by atoms with E-state index in [9.17, 15) is 5.11 Å². The Labute approximate surface area is 249 Å². The second-order valence-corrected chi connectivity index (χ2v) is 11.0. The van der Waals surface area contributed by atoms with E-state index in [1.54, 1.807) is 24.4 Å². The number of thiocarbonyl (C=S) groups is 1. The Morgan fingerprint density at radius 2 is 1.68 bits per heavy atom. The molecule has 1 aliphatic heterocycles. The molecule has 0 radical (unpaired) electrons. The highest BCUT2D eigenvalue weighted by Crippen LogP contribution is 2.44. The third kappa shape index (κ3) is 5.03. The standard InChI is InChI=1S/C33H29ClN4O2S/c1-20-8-4-5-10-30(20)40-25-14-12-24(13-15-25)38-32(31(36-33(38)41)27-9-6-7-17-35-27)26-18-21(2)37(22(26)3)28-19-23(34)11-16-29(28)39/h4-19,31-32,39H,1-3H3,(H,36,41)/t31-,32-/m0/s1. The fourth-order valence-corrected chi connectivity index (χ4v) is 6.07. The number of aromatic nitrogens is 2. The van der Waals surface area contributed by atoms with Crippen LogP contribution in [0.15, 0.2) is 97.2 Å². The van der Waals surface area contributed by atoms with Crippen molar-refractivity contribution < 1.29 is 9.84 Å². The Bertz CT molecular complexity index is 1740. The number of rotatable bonds is 6. The van der Waals surface area contributed by atoms with Crippen molar-refractivity contribution in [1.29, 1.82) is 0 Å². The van der Waals surface area contributed by atoms with Crippen LogP contribution in [0.1, 0.15) is 40.3 Å². The zero-order valence-electron chi connectivity index (χ0n) is 22.9. The molecule has 1 saturated heterocycles. The number of aryl methyl sites for hydroxylation is 2. The summed E-state index contributed by atoms with van der Waals surface area (Å²) in [4.78, 5) is 6.81. The molecule has 0 unspecified atom stereocenters. The number of hydrogen-bond donors (Lipinski definition) is 2. The fraction of sp³-hybridized carbons (Fsp3) is 0.152. The largest absolute Gasteiger partial charge is 0.506 e. The van der Waals surface area contributed by atoms with Crippen LogP contribution in [0.4, 0.5) is 5.69 Å². The smallest absolute Gasteiger partial charge is 0.174 e. The summed E-state index contributed by atoms with van der Waals surface area (Å²) in [7, 11) is 0. The molecule has 0 saturated carbocycles. The van der Waals surface area contributed by atoms with Crippen molar-refractivity contribution in [1.82, 2.24) is 14.9 Å². The van der Waals surface area contributed by atoms with Gasteiger partial charge in [0.15, 0.2) is 5.11 Å². The molecule has 0 aliphatic carbocycles. The quantitative estimate of drug-likeness (QED) is 0.198. The molecule has 6 rings (SSSR count). The number of anilines is 1. The number of para-hydroxylation sites is 1. The maximum atomic E-state index is 10.7. The molecule has 1 fully saturated rings. The van der Waals surface area contributed by atoms with Crippen LogP contribution in [0, 0.1) is 20.8 Å². The predicted molar refractivity (Wildman–Crippen MR) is 168 cm³/mol. The van der Waals surface area contributed by atoms with Crippen molar-refractivity contribution in [2.75, 3.05) is 4.90 Å². The van der Waals surface area contributed by atoms with Gasteiger partial charge < -0.3 is 24.6 Å². The van der Waals surface area contributed by atoms with Gasteiger partial charge in [0.25, 0.3) is 0 Å². The second kappa shape index (κ2) is 10.9. The summed E-state index contributed by atoms with van der Waals surface area (Å²) in [6.07, 6.45) is 1.80. The summed E-state index contributed by atoms with van der Waals surface area (Å²) < 4.78 is 8.18. The van der Waals surface area contributed by atoms with Gasteiger partial charge in [-0.25, -0.2) is 0 Å². The van der Waals surface area contributed by atoms with Crippen LogP contribution in [0.25, 0.3) is 5.69 Å². The van der Waals surface area contributed by atoms with E-state index in [-0.39, 0.29) is 17.8 Å². The van der Waals surface area contributed by atoms with Crippen LogP contribution in [-0.4, -0.2) is 19.8 Å². The molecule has 2 atom stereocenters. The SMILES string of the molecule is Cc1ccccc1Oc1ccc(N2C(=S)N[C@@H](c3ccccn3)[C@@H]2c2cc(C)n(-c3cc(Cl)ccc3O)c2C)cc1. The zero-order valence-corrected chi connectivity index (χ0v) is 24.4. The van der Waals surface area contributed by atoms with E-state index >= 15 is 0 Å². The molecule has 41 heavy (non-hydrogen) atoms. The molecular weight excluding hydrogens is 552 g/mol. The van der Waals surface area contributed by atoms with Gasteiger partial charge in [-0.15, -0.1) is 0 Å². The van der Waals surface area contributed by atoms with E-state index in [4.69, 9.17) is 28.6 Å². The van der Waals surface area contributed by atoms with Crippen molar-refractivity contribution in [3.8, 4) is 22.9 Å². The summed E-state index contributed by atoms with van der Waals surface area (Å²) in [5, 5.41) is 15.4. The number of nitrogens with one attached hydrogen (secondary N) is 1. The van der Waals surface area contributed by atoms with Crippen LogP contribution in [0.3, 0.4) is 0 Å². The van der Waals surface area contributed by atoms with Crippen LogP contribution < -0.4 is 15.0 Å². The van der Waals surface area contributed by atoms with Crippen molar-refractivity contribution in [3.05, 3.63) is 130 Å². The normalized spacial score (nSPS) is 16.6. The minimum Gasteiger partial charge on any atom is -0.506 e. The fourth-order valence-electron chi connectivity index (χ4n) is 5.56. The van der Waals surface area contributed by atoms with Gasteiger partial charge in [0.1, 0.15) is 17.2 Å². The molecule has 3 aromatic carbocycles. The van der Waals surface area contributed by atoms with E-state index in [1.165, 1.54) is 0 Å². The highest BCUT2D eigenvalue weighted by molar-refractivity contribution is 7.80. The maximum Gasteiger partial charge on any atom is 0.174 e. The molecule has 206 valence electrons. The highest BCUT2D eigenvalue weighted by atomic mass is 35.5. The van der Waals surface area contributed by atoms with Gasteiger partial charge in [-0.3, -0.25) is 4.98 Å². The third-order valence-electron chi connectivity index (χ3n) is 7.50. The summed E-state index contributed by atoms with van der Waals surface area (Å²) in [5.41, 5.74) is 6.52. The number of benzene rings is 3. The number of nitrogens with zero attached hydrogens (tertiary/aromatic N) is 3. The number of phenolic OH excluding ortho intramolecular Hbond substituents is 1. The zero-order chi connectivity index (χ0) is 28.7. The Kier molecular flexibility index (Phi) is 7.15. The first-order valence-electron chi connectivity index (χ1n) is 13.3. The van der Waals surface area contributed by atoms with E-state index < -0.39 is 0 Å². The van der Waals surface area contributed by atoms with E-state index in [0.29, 0.717) is 15.8 Å². The molecular formula is C33H29ClN4O2S. The lowest BCUT2D eigenvalue weighted by molar-refractivity contribution is 0.471. The number of phenols is 1. The highest BCUT2D eigenvalue weighted by Gasteiger charge is 2.42. The lowest BCUT2D eigenvalue weighted by Gasteiger charge is -2.28. The molecule has 0 bridgehead atoms. The van der Waals surface area contributed by atoms with E-state index in [1.807, 2.05) is 85.1 Å². The lowest BCUT2D eigenvalue weighted by Crippen LogP contribution is -2.29. The first-order chi connectivity index (χ1) is 19.8.